The molecule has 1 aliphatic heterocycles. The van der Waals surface area contributed by atoms with Gasteiger partial charge in [0.1, 0.15) is 5.75 Å². The number of nitrogens with zero attached hydrogens (tertiary/aromatic N) is 4. The quantitative estimate of drug-likeness (QED) is 0.368. The van der Waals surface area contributed by atoms with Gasteiger partial charge in [-0.15, -0.1) is 0 Å². The van der Waals surface area contributed by atoms with Crippen LogP contribution in [0.5, 0.6) is 5.75 Å². The first-order chi connectivity index (χ1) is 17.0. The van der Waals surface area contributed by atoms with E-state index in [2.05, 4.69) is 99.6 Å². The van der Waals surface area contributed by atoms with Crippen molar-refractivity contribution in [3.8, 4) is 11.4 Å². The molecule has 0 saturated carbocycles. The van der Waals surface area contributed by atoms with Crippen molar-refractivity contribution in [2.75, 3.05) is 26.1 Å². The van der Waals surface area contributed by atoms with Gasteiger partial charge < -0.3 is 24.4 Å². The number of pyridine rings is 1. The van der Waals surface area contributed by atoms with Crippen LogP contribution < -0.4 is 15.0 Å². The summed E-state index contributed by atoms with van der Waals surface area (Å²) in [5, 5.41) is 4.27. The molecule has 0 aliphatic carbocycles. The van der Waals surface area contributed by atoms with E-state index in [0.29, 0.717) is 6.54 Å². The Morgan fingerprint density at radius 1 is 0.971 bits per heavy atom. The normalized spacial score (nSPS) is 17.3. The molecule has 5 rings (SSSR count). The molecule has 0 spiro atoms. The van der Waals surface area contributed by atoms with Crippen LogP contribution in [0.1, 0.15) is 29.0 Å². The molecule has 35 heavy (non-hydrogen) atoms. The Morgan fingerprint density at radius 2 is 1.74 bits per heavy atom. The standard InChI is InChI=1S/C28H29N5OS/c1-31(2)21-11-13-22(14-12-21)32-18-6-8-25(32)27-26(24-7-4-5-17-29-24)30-28(35)33(27)19-20-9-15-23(34-3)16-10-20/h4-18,26-27H,19H2,1-3H3,(H,30,35)/t26-,27-/m1/s1. The number of nitrogens with one attached hydrogen (secondary N) is 1. The van der Waals surface area contributed by atoms with Crippen molar-refractivity contribution < 1.29 is 4.74 Å². The first-order valence-corrected chi connectivity index (χ1v) is 12.0. The van der Waals surface area contributed by atoms with Crippen molar-refractivity contribution in [1.29, 1.82) is 0 Å². The van der Waals surface area contributed by atoms with Crippen LogP contribution in [0.2, 0.25) is 0 Å². The summed E-state index contributed by atoms with van der Waals surface area (Å²) in [7, 11) is 5.78. The van der Waals surface area contributed by atoms with Crippen LogP contribution in [0, 0.1) is 0 Å². The van der Waals surface area contributed by atoms with Crippen molar-refractivity contribution in [2.24, 2.45) is 0 Å². The molecule has 1 fully saturated rings. The van der Waals surface area contributed by atoms with Gasteiger partial charge in [-0.25, -0.2) is 0 Å². The molecule has 0 unspecified atom stereocenters. The highest BCUT2D eigenvalue weighted by Gasteiger charge is 2.41. The number of hydrogen-bond donors (Lipinski definition) is 1. The van der Waals surface area contributed by atoms with E-state index < -0.39 is 0 Å². The Labute approximate surface area is 211 Å². The largest absolute Gasteiger partial charge is 0.497 e. The lowest BCUT2D eigenvalue weighted by molar-refractivity contribution is 0.302. The molecule has 1 aliphatic rings. The lowest BCUT2D eigenvalue weighted by atomic mass is 10.0. The zero-order chi connectivity index (χ0) is 24.4. The van der Waals surface area contributed by atoms with Crippen molar-refractivity contribution in [1.82, 2.24) is 19.8 Å². The lowest BCUT2D eigenvalue weighted by Gasteiger charge is -2.29. The summed E-state index contributed by atoms with van der Waals surface area (Å²) in [6, 6.07) is 26.9. The van der Waals surface area contributed by atoms with Crippen LogP contribution in [0.15, 0.2) is 91.3 Å². The Bertz CT molecular complexity index is 1290. The maximum Gasteiger partial charge on any atom is 0.170 e. The molecule has 1 saturated heterocycles. The SMILES string of the molecule is COc1ccc(CN2C(=S)N[C@H](c3ccccn3)[C@H]2c2cccn2-c2ccc(N(C)C)cc2)cc1. The van der Waals surface area contributed by atoms with Gasteiger partial charge in [0.25, 0.3) is 0 Å². The Balaban J connectivity index is 1.55. The van der Waals surface area contributed by atoms with E-state index in [1.54, 1.807) is 7.11 Å². The van der Waals surface area contributed by atoms with Gasteiger partial charge in [-0.1, -0.05) is 18.2 Å². The summed E-state index contributed by atoms with van der Waals surface area (Å²) in [4.78, 5) is 9.04. The average Bonchev–Trinajstić information content (AvgIpc) is 3.49. The fraction of sp³-hybridized carbons (Fsp3) is 0.214. The number of hydrogen-bond acceptors (Lipinski definition) is 4. The molecule has 0 amide bonds. The first kappa shape index (κ1) is 22.9. The second-order valence-electron chi connectivity index (χ2n) is 8.82. The molecular weight excluding hydrogens is 454 g/mol. The highest BCUT2D eigenvalue weighted by molar-refractivity contribution is 7.80. The molecule has 1 N–H and O–H groups in total. The van der Waals surface area contributed by atoms with Crippen LogP contribution in [0.3, 0.4) is 0 Å². The molecule has 6 nitrogen and oxygen atoms in total. The van der Waals surface area contributed by atoms with Crippen molar-refractivity contribution in [2.45, 2.75) is 18.6 Å². The van der Waals surface area contributed by atoms with Crippen LogP contribution >= 0.6 is 12.2 Å². The average molecular weight is 484 g/mol. The van der Waals surface area contributed by atoms with Gasteiger partial charge in [-0.3, -0.25) is 4.98 Å². The Kier molecular flexibility index (Phi) is 6.42. The van der Waals surface area contributed by atoms with E-state index in [1.807, 2.05) is 30.5 Å². The summed E-state index contributed by atoms with van der Waals surface area (Å²) < 4.78 is 7.58. The predicted molar refractivity (Wildman–Crippen MR) is 144 cm³/mol. The maximum atomic E-state index is 5.87. The monoisotopic (exact) mass is 483 g/mol. The fourth-order valence-electron chi connectivity index (χ4n) is 4.61. The minimum Gasteiger partial charge on any atom is -0.497 e. The summed E-state index contributed by atoms with van der Waals surface area (Å²) >= 11 is 5.87. The van der Waals surface area contributed by atoms with Gasteiger partial charge >= 0.3 is 0 Å². The van der Waals surface area contributed by atoms with Gasteiger partial charge in [0.15, 0.2) is 5.11 Å². The van der Waals surface area contributed by atoms with Gasteiger partial charge in [-0.2, -0.15) is 0 Å². The van der Waals surface area contributed by atoms with Crippen molar-refractivity contribution in [3.63, 3.8) is 0 Å². The molecule has 178 valence electrons. The summed E-state index contributed by atoms with van der Waals surface area (Å²) in [5.74, 6) is 0.842. The van der Waals surface area contributed by atoms with Crippen molar-refractivity contribution >= 4 is 23.0 Å². The molecule has 2 aromatic heterocycles. The number of ether oxygens (including phenoxy) is 1. The number of aromatic nitrogens is 2. The van der Waals surface area contributed by atoms with Crippen LogP contribution in [-0.4, -0.2) is 40.8 Å². The molecule has 4 aromatic rings. The third kappa shape index (κ3) is 4.59. The third-order valence-corrected chi connectivity index (χ3v) is 6.79. The highest BCUT2D eigenvalue weighted by Crippen LogP contribution is 2.40. The molecular formula is C28H29N5OS. The second kappa shape index (κ2) is 9.80. The van der Waals surface area contributed by atoms with Crippen LogP contribution in [0.25, 0.3) is 5.69 Å². The van der Waals surface area contributed by atoms with Gasteiger partial charge in [0.05, 0.1) is 24.9 Å². The summed E-state index contributed by atoms with van der Waals surface area (Å²) in [5.41, 5.74) is 5.55. The van der Waals surface area contributed by atoms with Crippen molar-refractivity contribution in [3.05, 3.63) is 108 Å². The molecule has 2 atom stereocenters. The number of anilines is 1. The summed E-state index contributed by atoms with van der Waals surface area (Å²) in [6.45, 7) is 0.675. The molecule has 0 bridgehead atoms. The van der Waals surface area contributed by atoms with E-state index >= 15 is 0 Å². The molecule has 7 heteroatoms. The first-order valence-electron chi connectivity index (χ1n) is 11.6. The van der Waals surface area contributed by atoms with Gasteiger partial charge in [0, 0.05) is 50.1 Å². The summed E-state index contributed by atoms with van der Waals surface area (Å²) in [6.07, 6.45) is 3.95. The van der Waals surface area contributed by atoms with E-state index in [9.17, 15) is 0 Å². The van der Waals surface area contributed by atoms with E-state index in [-0.39, 0.29) is 12.1 Å². The minimum atomic E-state index is -0.0725. The fourth-order valence-corrected chi connectivity index (χ4v) is 4.91. The van der Waals surface area contributed by atoms with E-state index in [1.165, 1.54) is 5.69 Å². The minimum absolute atomic E-state index is 0.0389. The topological polar surface area (TPSA) is 45.6 Å². The third-order valence-electron chi connectivity index (χ3n) is 6.44. The smallest absolute Gasteiger partial charge is 0.170 e. The predicted octanol–water partition coefficient (Wildman–Crippen LogP) is 5.12. The van der Waals surface area contributed by atoms with E-state index in [0.717, 1.165) is 33.5 Å². The molecule has 0 radical (unpaired) electrons. The van der Waals surface area contributed by atoms with E-state index in [4.69, 9.17) is 17.0 Å². The highest BCUT2D eigenvalue weighted by atomic mass is 32.1. The Morgan fingerprint density at radius 3 is 2.40 bits per heavy atom. The van der Waals surface area contributed by atoms with Gasteiger partial charge in [-0.05, 0) is 78.4 Å². The Hall–Kier alpha value is -3.84. The number of methoxy groups -OCH3 is 1. The zero-order valence-corrected chi connectivity index (χ0v) is 20.9. The van der Waals surface area contributed by atoms with Crippen LogP contribution in [0.4, 0.5) is 5.69 Å². The number of benzene rings is 2. The number of rotatable bonds is 7. The second-order valence-corrected chi connectivity index (χ2v) is 9.20. The molecule has 3 heterocycles. The zero-order valence-electron chi connectivity index (χ0n) is 20.1. The van der Waals surface area contributed by atoms with Gasteiger partial charge in [0.2, 0.25) is 0 Å². The van der Waals surface area contributed by atoms with Crippen LogP contribution in [-0.2, 0) is 6.54 Å². The number of thiocarbonyl (C=S) groups is 1. The molecule has 2 aromatic carbocycles. The maximum absolute atomic E-state index is 5.87. The lowest BCUT2D eigenvalue weighted by Crippen LogP contribution is -2.30.